The van der Waals surface area contributed by atoms with Crippen LogP contribution in [0.1, 0.15) is 15.9 Å². The Kier molecular flexibility index (Phi) is 6.16. The summed E-state index contributed by atoms with van der Waals surface area (Å²) >= 11 is 6.16. The number of sulfonamides is 1. The number of ether oxygens (including phenoxy) is 1. The summed E-state index contributed by atoms with van der Waals surface area (Å²) in [4.78, 5) is 36.6. The van der Waals surface area contributed by atoms with E-state index in [1.54, 1.807) is 18.2 Å². The van der Waals surface area contributed by atoms with Crippen molar-refractivity contribution < 1.29 is 27.5 Å². The van der Waals surface area contributed by atoms with Gasteiger partial charge in [-0.15, -0.1) is 0 Å². The van der Waals surface area contributed by atoms with E-state index in [-0.39, 0.29) is 10.5 Å². The Labute approximate surface area is 193 Å². The lowest BCUT2D eigenvalue weighted by molar-refractivity contribution is -0.147. The summed E-state index contributed by atoms with van der Waals surface area (Å²) in [5.74, 6) is -2.18. The predicted octanol–water partition coefficient (Wildman–Crippen LogP) is 1.91. The van der Waals surface area contributed by atoms with Crippen LogP contribution in [0.25, 0.3) is 0 Å². The van der Waals surface area contributed by atoms with Crippen molar-refractivity contribution in [2.45, 2.75) is 11.4 Å². The maximum atomic E-state index is 12.5. The highest BCUT2D eigenvalue weighted by Gasteiger charge is 2.42. The molecule has 12 heteroatoms. The topological polar surface area (TPSA) is 128 Å². The highest BCUT2D eigenvalue weighted by molar-refractivity contribution is 7.90. The van der Waals surface area contributed by atoms with Crippen LogP contribution in [0.3, 0.4) is 0 Å². The molecule has 1 aliphatic heterocycles. The lowest BCUT2D eigenvalue weighted by atomic mass is 10.2. The fraction of sp³-hybridized carbons (Fsp3) is 0.143. The van der Waals surface area contributed by atoms with E-state index in [1.165, 1.54) is 35.1 Å². The van der Waals surface area contributed by atoms with Gasteiger partial charge in [-0.3, -0.25) is 14.4 Å². The van der Waals surface area contributed by atoms with E-state index in [0.717, 1.165) is 5.56 Å². The van der Waals surface area contributed by atoms with Crippen molar-refractivity contribution in [1.29, 1.82) is 0 Å². The van der Waals surface area contributed by atoms with Crippen LogP contribution in [0, 0.1) is 0 Å². The maximum Gasteiger partial charge on any atom is 0.327 e. The number of carbonyl (C=O) groups is 3. The van der Waals surface area contributed by atoms with Gasteiger partial charge in [0.15, 0.2) is 6.61 Å². The Hall–Kier alpha value is -3.70. The van der Waals surface area contributed by atoms with Gasteiger partial charge < -0.3 is 10.1 Å². The van der Waals surface area contributed by atoms with Crippen molar-refractivity contribution in [2.24, 2.45) is 0 Å². The molecule has 33 heavy (non-hydrogen) atoms. The van der Waals surface area contributed by atoms with Crippen molar-refractivity contribution in [3.05, 3.63) is 76.9 Å². The van der Waals surface area contributed by atoms with Gasteiger partial charge in [-0.25, -0.2) is 17.4 Å². The molecule has 1 N–H and O–H groups in total. The number of hydrogen-bond donors (Lipinski definition) is 1. The molecule has 3 aromatic rings. The normalized spacial score (nSPS) is 14.1. The van der Waals surface area contributed by atoms with Gasteiger partial charge in [0.05, 0.1) is 18.3 Å². The molecular formula is C21H17ClN4O6S. The van der Waals surface area contributed by atoms with Crippen molar-refractivity contribution in [3.8, 4) is 0 Å². The summed E-state index contributed by atoms with van der Waals surface area (Å²) in [7, 11) is -4.15. The van der Waals surface area contributed by atoms with Gasteiger partial charge in [0.1, 0.15) is 17.3 Å². The van der Waals surface area contributed by atoms with E-state index in [1.807, 2.05) is 12.1 Å². The number of anilines is 1. The zero-order chi connectivity index (χ0) is 23.6. The van der Waals surface area contributed by atoms with E-state index >= 15 is 0 Å². The molecule has 10 nitrogen and oxygen atoms in total. The van der Waals surface area contributed by atoms with Crippen LogP contribution in [0.2, 0.25) is 5.02 Å². The maximum absolute atomic E-state index is 12.5. The summed E-state index contributed by atoms with van der Waals surface area (Å²) in [5.41, 5.74) is 0.775. The van der Waals surface area contributed by atoms with Crippen molar-refractivity contribution in [3.63, 3.8) is 0 Å². The third kappa shape index (κ3) is 4.59. The SMILES string of the molecule is O=C(COC(=O)CN1C(=O)c2ccccc2S1(=O)=O)Nc1ccnn1Cc1ccccc1Cl. The average molecular weight is 489 g/mol. The molecule has 4 rings (SSSR count). The van der Waals surface area contributed by atoms with Crippen LogP contribution in [-0.2, 0) is 30.9 Å². The zero-order valence-electron chi connectivity index (χ0n) is 17.0. The summed E-state index contributed by atoms with van der Waals surface area (Å²) in [6.07, 6.45) is 1.49. The van der Waals surface area contributed by atoms with Gasteiger partial charge in [0.25, 0.3) is 21.8 Å². The van der Waals surface area contributed by atoms with Gasteiger partial charge in [0, 0.05) is 11.1 Å². The van der Waals surface area contributed by atoms with Gasteiger partial charge in [-0.2, -0.15) is 5.10 Å². The molecule has 0 bridgehead atoms. The first-order valence-corrected chi connectivity index (χ1v) is 11.5. The Morgan fingerprint density at radius 1 is 1.06 bits per heavy atom. The lowest BCUT2D eigenvalue weighted by Gasteiger charge is -2.14. The summed E-state index contributed by atoms with van der Waals surface area (Å²) < 4.78 is 31.8. The van der Waals surface area contributed by atoms with E-state index in [0.29, 0.717) is 21.7 Å². The van der Waals surface area contributed by atoms with Crippen LogP contribution in [-0.4, -0.2) is 53.4 Å². The number of fused-ring (bicyclic) bond motifs is 1. The third-order valence-electron chi connectivity index (χ3n) is 4.81. The van der Waals surface area contributed by atoms with Crippen LogP contribution < -0.4 is 5.32 Å². The second kappa shape index (κ2) is 9.04. The molecule has 1 aliphatic rings. The number of halogens is 1. The van der Waals surface area contributed by atoms with Crippen LogP contribution in [0.5, 0.6) is 0 Å². The molecule has 0 atom stereocenters. The highest BCUT2D eigenvalue weighted by atomic mass is 35.5. The van der Waals surface area contributed by atoms with E-state index in [2.05, 4.69) is 10.4 Å². The summed E-state index contributed by atoms with van der Waals surface area (Å²) in [5, 5.41) is 7.25. The van der Waals surface area contributed by atoms with Gasteiger partial charge in [-0.05, 0) is 23.8 Å². The Morgan fingerprint density at radius 3 is 2.55 bits per heavy atom. The summed E-state index contributed by atoms with van der Waals surface area (Å²) in [6, 6.07) is 14.4. The second-order valence-electron chi connectivity index (χ2n) is 6.99. The fourth-order valence-corrected chi connectivity index (χ4v) is 4.94. The van der Waals surface area contributed by atoms with Crippen LogP contribution >= 0.6 is 11.6 Å². The molecule has 1 aromatic heterocycles. The fourth-order valence-electron chi connectivity index (χ4n) is 3.23. The molecule has 0 spiro atoms. The minimum Gasteiger partial charge on any atom is -0.454 e. The Bertz CT molecular complexity index is 1350. The Morgan fingerprint density at radius 2 is 1.79 bits per heavy atom. The predicted molar refractivity (Wildman–Crippen MR) is 117 cm³/mol. The highest BCUT2D eigenvalue weighted by Crippen LogP contribution is 2.29. The van der Waals surface area contributed by atoms with Crippen LogP contribution in [0.4, 0.5) is 5.82 Å². The molecule has 2 heterocycles. The molecule has 0 aliphatic carbocycles. The molecule has 0 saturated heterocycles. The lowest BCUT2D eigenvalue weighted by Crippen LogP contribution is -2.36. The number of carbonyl (C=O) groups excluding carboxylic acids is 3. The Balaban J connectivity index is 1.33. The van der Waals surface area contributed by atoms with Crippen molar-refractivity contribution >= 4 is 45.2 Å². The molecule has 0 fully saturated rings. The first-order chi connectivity index (χ1) is 15.8. The molecule has 170 valence electrons. The van der Waals surface area contributed by atoms with E-state index in [4.69, 9.17) is 16.3 Å². The average Bonchev–Trinajstić information content (AvgIpc) is 3.30. The molecule has 0 unspecified atom stereocenters. The number of amides is 2. The minimum atomic E-state index is -4.15. The number of nitrogens with one attached hydrogen (secondary N) is 1. The smallest absolute Gasteiger partial charge is 0.327 e. The number of hydrogen-bond acceptors (Lipinski definition) is 7. The number of aromatic nitrogens is 2. The minimum absolute atomic E-state index is 0.0187. The quantitative estimate of drug-likeness (QED) is 0.503. The monoisotopic (exact) mass is 488 g/mol. The molecular weight excluding hydrogens is 472 g/mol. The number of esters is 1. The van der Waals surface area contributed by atoms with Gasteiger partial charge >= 0.3 is 5.97 Å². The van der Waals surface area contributed by atoms with Crippen molar-refractivity contribution in [2.75, 3.05) is 18.5 Å². The second-order valence-corrected chi connectivity index (χ2v) is 9.23. The first-order valence-electron chi connectivity index (χ1n) is 9.64. The first kappa shape index (κ1) is 22.5. The zero-order valence-corrected chi connectivity index (χ0v) is 18.5. The van der Waals surface area contributed by atoms with E-state index in [9.17, 15) is 22.8 Å². The third-order valence-corrected chi connectivity index (χ3v) is 6.97. The molecule has 2 amide bonds. The summed E-state index contributed by atoms with van der Waals surface area (Å²) in [6.45, 7) is -1.21. The van der Waals surface area contributed by atoms with E-state index < -0.39 is 41.0 Å². The largest absolute Gasteiger partial charge is 0.454 e. The number of nitrogens with zero attached hydrogens (tertiary/aromatic N) is 3. The van der Waals surface area contributed by atoms with Gasteiger partial charge in [0.2, 0.25) is 0 Å². The van der Waals surface area contributed by atoms with Gasteiger partial charge in [-0.1, -0.05) is 41.9 Å². The van der Waals surface area contributed by atoms with Crippen molar-refractivity contribution in [1.82, 2.24) is 14.1 Å². The number of benzene rings is 2. The standard InChI is InChI=1S/C21H17ClN4O6S/c22-16-7-3-1-5-14(16)11-25-18(9-10-23-25)24-19(27)13-32-20(28)12-26-21(29)15-6-2-4-8-17(15)33(26,30)31/h1-10H,11-13H2,(H,24,27). The van der Waals surface area contributed by atoms with Crippen LogP contribution in [0.15, 0.2) is 65.7 Å². The molecule has 0 radical (unpaired) electrons. The molecule has 2 aromatic carbocycles. The number of rotatable bonds is 7. The molecule has 0 saturated carbocycles.